The van der Waals surface area contributed by atoms with Crippen molar-refractivity contribution in [3.8, 4) is 0 Å². The highest BCUT2D eigenvalue weighted by Crippen LogP contribution is 2.41. The van der Waals surface area contributed by atoms with Crippen LogP contribution in [0.1, 0.15) is 145 Å². The summed E-state index contributed by atoms with van der Waals surface area (Å²) in [5.41, 5.74) is 0.683. The SMILES string of the molecule is CCCCCCCCCCCCCCCCCCC1(N2C(=O)CCC2=O)Cc2ccccc2C1=O. The Hall–Kier alpha value is -1.97. The zero-order valence-electron chi connectivity index (χ0n) is 22.1. The number of Topliss-reactive ketones (excluding diaryl/α,β-unsaturated/α-hetero) is 1. The van der Waals surface area contributed by atoms with Crippen molar-refractivity contribution >= 4 is 17.6 Å². The van der Waals surface area contributed by atoms with Crippen LogP contribution in [0.3, 0.4) is 0 Å². The lowest BCUT2D eigenvalue weighted by molar-refractivity contribution is -0.144. The number of nitrogens with zero attached hydrogens (tertiary/aromatic N) is 1. The van der Waals surface area contributed by atoms with Crippen LogP contribution in [0.25, 0.3) is 0 Å². The molecule has 35 heavy (non-hydrogen) atoms. The van der Waals surface area contributed by atoms with E-state index >= 15 is 0 Å². The van der Waals surface area contributed by atoms with Gasteiger partial charge in [0.05, 0.1) is 0 Å². The van der Waals surface area contributed by atoms with Gasteiger partial charge >= 0.3 is 0 Å². The molecule has 1 atom stereocenters. The summed E-state index contributed by atoms with van der Waals surface area (Å²) in [6.07, 6.45) is 22.4. The molecule has 0 radical (unpaired) electrons. The highest BCUT2D eigenvalue weighted by atomic mass is 16.2. The van der Waals surface area contributed by atoms with Crippen LogP contribution in [-0.4, -0.2) is 28.0 Å². The molecule has 1 saturated heterocycles. The lowest BCUT2D eigenvalue weighted by Crippen LogP contribution is -2.55. The average Bonchev–Trinajstić information content (AvgIpc) is 3.35. The van der Waals surface area contributed by atoms with Gasteiger partial charge in [-0.3, -0.25) is 19.3 Å². The van der Waals surface area contributed by atoms with Crippen molar-refractivity contribution in [1.82, 2.24) is 4.90 Å². The number of carbonyl (C=O) groups excluding carboxylic acids is 3. The average molecular weight is 482 g/mol. The Labute approximate surface area is 213 Å². The molecule has 1 heterocycles. The van der Waals surface area contributed by atoms with E-state index in [9.17, 15) is 14.4 Å². The standard InChI is InChI=1S/C31H47NO3/c1-2-3-4-5-6-7-8-9-10-11-12-13-14-15-16-19-24-31(32-28(33)22-23-29(32)34)25-26-20-17-18-21-27(26)30(31)35/h17-18,20-21H,2-16,19,22-25H2,1H3. The van der Waals surface area contributed by atoms with Gasteiger partial charge in [0.1, 0.15) is 5.54 Å². The smallest absolute Gasteiger partial charge is 0.230 e. The van der Waals surface area contributed by atoms with Crippen LogP contribution in [0.15, 0.2) is 24.3 Å². The Morgan fingerprint density at radius 1 is 0.657 bits per heavy atom. The maximum Gasteiger partial charge on any atom is 0.230 e. The lowest BCUT2D eigenvalue weighted by atomic mass is 9.85. The van der Waals surface area contributed by atoms with E-state index in [0.717, 1.165) is 24.8 Å². The van der Waals surface area contributed by atoms with E-state index in [0.29, 0.717) is 18.4 Å². The number of rotatable bonds is 18. The second-order valence-electron chi connectivity index (χ2n) is 10.9. The molecule has 4 nitrogen and oxygen atoms in total. The molecule has 3 rings (SSSR count). The van der Waals surface area contributed by atoms with Crippen LogP contribution in [0.2, 0.25) is 0 Å². The predicted octanol–water partition coefficient (Wildman–Crippen LogP) is 7.96. The van der Waals surface area contributed by atoms with Crippen LogP contribution in [0, 0.1) is 0 Å². The molecule has 2 aliphatic rings. The van der Waals surface area contributed by atoms with Gasteiger partial charge in [-0.2, -0.15) is 0 Å². The summed E-state index contributed by atoms with van der Waals surface area (Å²) in [5.74, 6) is -0.377. The number of likely N-dealkylation sites (tertiary alicyclic amines) is 1. The fourth-order valence-corrected chi connectivity index (χ4v) is 6.06. The second-order valence-corrected chi connectivity index (χ2v) is 10.9. The molecule has 1 aliphatic heterocycles. The molecule has 0 saturated carbocycles. The van der Waals surface area contributed by atoms with Crippen molar-refractivity contribution in [3.05, 3.63) is 35.4 Å². The summed E-state index contributed by atoms with van der Waals surface area (Å²) in [5, 5.41) is 0. The second kappa shape index (κ2) is 14.6. The first-order valence-electron chi connectivity index (χ1n) is 14.6. The first-order chi connectivity index (χ1) is 17.1. The molecule has 1 unspecified atom stereocenters. The summed E-state index contributed by atoms with van der Waals surface area (Å²) < 4.78 is 0. The van der Waals surface area contributed by atoms with Crippen LogP contribution >= 0.6 is 0 Å². The minimum absolute atomic E-state index is 0.0299. The minimum Gasteiger partial charge on any atom is -0.291 e. The maximum absolute atomic E-state index is 13.4. The summed E-state index contributed by atoms with van der Waals surface area (Å²) in [6.45, 7) is 2.27. The Morgan fingerprint density at radius 3 is 1.60 bits per heavy atom. The fourth-order valence-electron chi connectivity index (χ4n) is 6.06. The maximum atomic E-state index is 13.4. The molecule has 1 aromatic rings. The predicted molar refractivity (Wildman–Crippen MR) is 142 cm³/mol. The summed E-state index contributed by atoms with van der Waals surface area (Å²) >= 11 is 0. The molecule has 194 valence electrons. The van der Waals surface area contributed by atoms with Gasteiger partial charge in [0, 0.05) is 24.8 Å². The summed E-state index contributed by atoms with van der Waals surface area (Å²) in [7, 11) is 0. The number of unbranched alkanes of at least 4 members (excludes halogenated alkanes) is 15. The highest BCUT2D eigenvalue weighted by Gasteiger charge is 2.54. The number of hydrogen-bond donors (Lipinski definition) is 0. The molecule has 0 spiro atoms. The molecule has 1 aliphatic carbocycles. The number of ketones is 1. The van der Waals surface area contributed by atoms with E-state index < -0.39 is 5.54 Å². The zero-order valence-corrected chi connectivity index (χ0v) is 22.1. The fraction of sp³-hybridized carbons (Fsp3) is 0.710. The van der Waals surface area contributed by atoms with E-state index in [2.05, 4.69) is 6.92 Å². The van der Waals surface area contributed by atoms with Crippen molar-refractivity contribution in [1.29, 1.82) is 0 Å². The molecule has 1 fully saturated rings. The van der Waals surface area contributed by atoms with Gasteiger partial charge in [-0.1, -0.05) is 134 Å². The number of benzene rings is 1. The Kier molecular flexibility index (Phi) is 11.5. The monoisotopic (exact) mass is 481 g/mol. The third-order valence-electron chi connectivity index (χ3n) is 8.09. The van der Waals surface area contributed by atoms with Crippen LogP contribution in [-0.2, 0) is 16.0 Å². The molecule has 0 N–H and O–H groups in total. The highest BCUT2D eigenvalue weighted by molar-refractivity contribution is 6.14. The van der Waals surface area contributed by atoms with Gasteiger partial charge in [0.15, 0.2) is 5.78 Å². The third-order valence-corrected chi connectivity index (χ3v) is 8.09. The lowest BCUT2D eigenvalue weighted by Gasteiger charge is -2.36. The van der Waals surface area contributed by atoms with Crippen molar-refractivity contribution in [2.75, 3.05) is 0 Å². The molecular weight excluding hydrogens is 434 g/mol. The van der Waals surface area contributed by atoms with Gasteiger partial charge < -0.3 is 0 Å². The number of imide groups is 1. The Morgan fingerprint density at radius 2 is 1.11 bits per heavy atom. The van der Waals surface area contributed by atoms with E-state index in [1.165, 1.54) is 88.4 Å². The number of fused-ring (bicyclic) bond motifs is 1. The Bertz CT molecular complexity index is 816. The number of carbonyl (C=O) groups is 3. The first-order valence-corrected chi connectivity index (χ1v) is 14.6. The van der Waals surface area contributed by atoms with E-state index in [1.807, 2.05) is 24.3 Å². The topological polar surface area (TPSA) is 54.5 Å². The van der Waals surface area contributed by atoms with Crippen LogP contribution in [0.5, 0.6) is 0 Å². The normalized spacial score (nSPS) is 19.7. The molecule has 0 aromatic heterocycles. The van der Waals surface area contributed by atoms with Crippen molar-refractivity contribution in [3.63, 3.8) is 0 Å². The molecule has 2 amide bonds. The number of hydrogen-bond acceptors (Lipinski definition) is 3. The quantitative estimate of drug-likeness (QED) is 0.158. The Balaban J connectivity index is 1.31. The van der Waals surface area contributed by atoms with Gasteiger partial charge in [-0.25, -0.2) is 0 Å². The minimum atomic E-state index is -0.982. The van der Waals surface area contributed by atoms with Gasteiger partial charge in [0.2, 0.25) is 11.8 Å². The van der Waals surface area contributed by atoms with Gasteiger partial charge in [0.25, 0.3) is 0 Å². The largest absolute Gasteiger partial charge is 0.291 e. The third kappa shape index (κ3) is 7.51. The van der Waals surface area contributed by atoms with Crippen molar-refractivity contribution in [2.24, 2.45) is 0 Å². The summed E-state index contributed by atoms with van der Waals surface area (Å²) in [6, 6.07) is 7.62. The number of amides is 2. The molecule has 0 bridgehead atoms. The van der Waals surface area contributed by atoms with Gasteiger partial charge in [-0.05, 0) is 12.0 Å². The zero-order chi connectivity index (χ0) is 24.9. The van der Waals surface area contributed by atoms with E-state index in [4.69, 9.17) is 0 Å². The first kappa shape index (κ1) is 27.6. The molecule has 4 heteroatoms. The van der Waals surface area contributed by atoms with E-state index in [1.54, 1.807) is 0 Å². The summed E-state index contributed by atoms with van der Waals surface area (Å²) in [4.78, 5) is 40.0. The van der Waals surface area contributed by atoms with Crippen LogP contribution in [0.4, 0.5) is 0 Å². The molecular formula is C31H47NO3. The molecule has 1 aromatic carbocycles. The van der Waals surface area contributed by atoms with Crippen LogP contribution < -0.4 is 0 Å². The van der Waals surface area contributed by atoms with Crippen molar-refractivity contribution < 1.29 is 14.4 Å². The van der Waals surface area contributed by atoms with E-state index in [-0.39, 0.29) is 30.4 Å². The van der Waals surface area contributed by atoms with Crippen molar-refractivity contribution in [2.45, 2.75) is 141 Å². The van der Waals surface area contributed by atoms with Gasteiger partial charge in [-0.15, -0.1) is 0 Å².